The first-order chi connectivity index (χ1) is 8.52. The lowest BCUT2D eigenvalue weighted by Gasteiger charge is -2.32. The summed E-state index contributed by atoms with van der Waals surface area (Å²) in [6, 6.07) is 0. The first-order valence-electron chi connectivity index (χ1n) is 7.09. The molecule has 0 atom stereocenters. The van der Waals surface area contributed by atoms with E-state index < -0.39 is 5.60 Å². The molecule has 106 valence electrons. The van der Waals surface area contributed by atoms with E-state index >= 15 is 0 Å². The lowest BCUT2D eigenvalue weighted by Crippen LogP contribution is -2.44. The van der Waals surface area contributed by atoms with Crippen molar-refractivity contribution in [3.8, 4) is 0 Å². The number of nitrogens with one attached hydrogen (secondary N) is 1. The first kappa shape index (κ1) is 15.4. The molecule has 0 spiro atoms. The highest BCUT2D eigenvalue weighted by Crippen LogP contribution is 2.27. The van der Waals surface area contributed by atoms with Crippen molar-refractivity contribution in [2.75, 3.05) is 19.8 Å². The number of hydrogen-bond donors (Lipinski definition) is 2. The molecule has 4 heteroatoms. The normalized spacial score (nSPS) is 18.9. The van der Waals surface area contributed by atoms with E-state index in [2.05, 4.69) is 19.2 Å². The van der Waals surface area contributed by atoms with E-state index in [1.807, 2.05) is 0 Å². The zero-order chi connectivity index (χ0) is 13.4. The van der Waals surface area contributed by atoms with E-state index in [0.29, 0.717) is 32.1 Å². The van der Waals surface area contributed by atoms with Crippen LogP contribution in [-0.2, 0) is 9.53 Å². The summed E-state index contributed by atoms with van der Waals surface area (Å²) in [6.45, 7) is 5.70. The molecule has 0 aliphatic heterocycles. The number of rotatable bonds is 7. The minimum Gasteiger partial charge on any atom is -0.388 e. The lowest BCUT2D eigenvalue weighted by molar-refractivity contribution is -0.123. The number of aliphatic hydroxyl groups is 1. The van der Waals surface area contributed by atoms with E-state index in [1.54, 1.807) is 0 Å². The van der Waals surface area contributed by atoms with Crippen molar-refractivity contribution in [3.63, 3.8) is 0 Å². The average molecular weight is 257 g/mol. The van der Waals surface area contributed by atoms with Gasteiger partial charge in [-0.2, -0.15) is 0 Å². The van der Waals surface area contributed by atoms with Crippen LogP contribution in [-0.4, -0.2) is 36.4 Å². The standard InChI is InChI=1S/C14H27NO3/c1-12(2)10-18-9-6-13(16)15-11-14(17)7-4-3-5-8-14/h12,17H,3-11H2,1-2H3,(H,15,16). The van der Waals surface area contributed by atoms with Crippen LogP contribution in [0.4, 0.5) is 0 Å². The highest BCUT2D eigenvalue weighted by molar-refractivity contribution is 5.76. The summed E-state index contributed by atoms with van der Waals surface area (Å²) in [5.41, 5.74) is -0.674. The molecule has 1 aliphatic rings. The molecule has 18 heavy (non-hydrogen) atoms. The van der Waals surface area contributed by atoms with Crippen molar-refractivity contribution in [2.24, 2.45) is 5.92 Å². The summed E-state index contributed by atoms with van der Waals surface area (Å²) in [4.78, 5) is 11.6. The molecule has 0 unspecified atom stereocenters. The fourth-order valence-electron chi connectivity index (χ4n) is 2.22. The van der Waals surface area contributed by atoms with E-state index in [9.17, 15) is 9.90 Å². The zero-order valence-electron chi connectivity index (χ0n) is 11.7. The number of carbonyl (C=O) groups is 1. The van der Waals surface area contributed by atoms with Crippen LogP contribution in [0, 0.1) is 5.92 Å². The summed E-state index contributed by atoms with van der Waals surface area (Å²) in [5, 5.41) is 13.0. The number of ether oxygens (including phenoxy) is 1. The second-order valence-electron chi connectivity index (χ2n) is 5.78. The topological polar surface area (TPSA) is 58.6 Å². The maximum atomic E-state index is 11.6. The van der Waals surface area contributed by atoms with Crippen LogP contribution in [0.15, 0.2) is 0 Å². The van der Waals surface area contributed by atoms with Crippen molar-refractivity contribution >= 4 is 5.91 Å². The summed E-state index contributed by atoms with van der Waals surface area (Å²) in [6.07, 6.45) is 5.30. The monoisotopic (exact) mass is 257 g/mol. The van der Waals surface area contributed by atoms with Crippen molar-refractivity contribution in [3.05, 3.63) is 0 Å². The maximum absolute atomic E-state index is 11.6. The molecule has 1 aliphatic carbocycles. The second-order valence-corrected chi connectivity index (χ2v) is 5.78. The third kappa shape index (κ3) is 6.36. The smallest absolute Gasteiger partial charge is 0.222 e. The third-order valence-corrected chi connectivity index (χ3v) is 3.32. The summed E-state index contributed by atoms with van der Waals surface area (Å²) >= 11 is 0. The van der Waals surface area contributed by atoms with Crippen LogP contribution in [0.3, 0.4) is 0 Å². The zero-order valence-corrected chi connectivity index (χ0v) is 11.7. The van der Waals surface area contributed by atoms with Gasteiger partial charge in [0.1, 0.15) is 0 Å². The molecule has 1 saturated carbocycles. The lowest BCUT2D eigenvalue weighted by atomic mass is 9.85. The van der Waals surface area contributed by atoms with Crippen LogP contribution in [0.5, 0.6) is 0 Å². The van der Waals surface area contributed by atoms with E-state index in [0.717, 1.165) is 25.7 Å². The summed E-state index contributed by atoms with van der Waals surface area (Å²) in [7, 11) is 0. The van der Waals surface area contributed by atoms with Crippen molar-refractivity contribution in [1.82, 2.24) is 5.32 Å². The molecule has 1 rings (SSSR count). The minimum atomic E-state index is -0.674. The van der Waals surface area contributed by atoms with Gasteiger partial charge in [0.25, 0.3) is 0 Å². The molecule has 0 bridgehead atoms. The van der Waals surface area contributed by atoms with Gasteiger partial charge < -0.3 is 15.2 Å². The Kier molecular flexibility index (Phi) is 6.65. The maximum Gasteiger partial charge on any atom is 0.222 e. The van der Waals surface area contributed by atoms with Gasteiger partial charge in [0, 0.05) is 19.6 Å². The third-order valence-electron chi connectivity index (χ3n) is 3.32. The van der Waals surface area contributed by atoms with Gasteiger partial charge in [-0.1, -0.05) is 33.1 Å². The fraction of sp³-hybridized carbons (Fsp3) is 0.929. The molecule has 0 radical (unpaired) electrons. The molecule has 0 aromatic heterocycles. The summed E-state index contributed by atoms with van der Waals surface area (Å²) in [5.74, 6) is 0.466. The Hall–Kier alpha value is -0.610. The molecule has 0 saturated heterocycles. The Morgan fingerprint density at radius 1 is 1.33 bits per heavy atom. The van der Waals surface area contributed by atoms with Gasteiger partial charge in [-0.15, -0.1) is 0 Å². The van der Waals surface area contributed by atoms with E-state index in [-0.39, 0.29) is 5.91 Å². The summed E-state index contributed by atoms with van der Waals surface area (Å²) < 4.78 is 5.36. The van der Waals surface area contributed by atoms with Crippen molar-refractivity contribution in [1.29, 1.82) is 0 Å². The Bertz CT molecular complexity index is 247. The Morgan fingerprint density at radius 2 is 2.00 bits per heavy atom. The van der Waals surface area contributed by atoms with E-state index in [4.69, 9.17) is 4.74 Å². The van der Waals surface area contributed by atoms with Crippen LogP contribution >= 0.6 is 0 Å². The predicted octanol–water partition coefficient (Wildman–Crippen LogP) is 1.86. The van der Waals surface area contributed by atoms with Crippen molar-refractivity contribution in [2.45, 2.75) is 58.0 Å². The SMILES string of the molecule is CC(C)COCCC(=O)NCC1(O)CCCCC1. The van der Waals surface area contributed by atoms with Crippen LogP contribution in [0.2, 0.25) is 0 Å². The van der Waals surface area contributed by atoms with Crippen LogP contribution in [0.25, 0.3) is 0 Å². The van der Waals surface area contributed by atoms with Gasteiger partial charge in [0.15, 0.2) is 0 Å². The first-order valence-corrected chi connectivity index (χ1v) is 7.09. The average Bonchev–Trinajstić information content (AvgIpc) is 2.33. The molecule has 0 heterocycles. The van der Waals surface area contributed by atoms with Gasteiger partial charge in [-0.25, -0.2) is 0 Å². The molecule has 0 aromatic carbocycles. The molecule has 0 aromatic rings. The second kappa shape index (κ2) is 7.74. The number of amides is 1. The van der Waals surface area contributed by atoms with Crippen LogP contribution in [0.1, 0.15) is 52.4 Å². The Balaban J connectivity index is 2.09. The fourth-order valence-corrected chi connectivity index (χ4v) is 2.22. The van der Waals surface area contributed by atoms with Crippen molar-refractivity contribution < 1.29 is 14.6 Å². The van der Waals surface area contributed by atoms with Gasteiger partial charge >= 0.3 is 0 Å². The molecule has 1 amide bonds. The minimum absolute atomic E-state index is 0.0299. The molecule has 4 nitrogen and oxygen atoms in total. The van der Waals surface area contributed by atoms with Gasteiger partial charge in [0.2, 0.25) is 5.91 Å². The largest absolute Gasteiger partial charge is 0.388 e. The molecule has 1 fully saturated rings. The highest BCUT2D eigenvalue weighted by Gasteiger charge is 2.29. The van der Waals surface area contributed by atoms with Crippen LogP contribution < -0.4 is 5.32 Å². The van der Waals surface area contributed by atoms with Gasteiger partial charge in [0.05, 0.1) is 12.2 Å². The molecule has 2 N–H and O–H groups in total. The van der Waals surface area contributed by atoms with E-state index in [1.165, 1.54) is 6.42 Å². The Labute approximate surface area is 110 Å². The molecular formula is C14H27NO3. The number of carbonyl (C=O) groups excluding carboxylic acids is 1. The Morgan fingerprint density at radius 3 is 2.61 bits per heavy atom. The highest BCUT2D eigenvalue weighted by atomic mass is 16.5. The van der Waals surface area contributed by atoms with Gasteiger partial charge in [-0.3, -0.25) is 4.79 Å². The quantitative estimate of drug-likeness (QED) is 0.684. The number of hydrogen-bond acceptors (Lipinski definition) is 3. The van der Waals surface area contributed by atoms with Gasteiger partial charge in [-0.05, 0) is 18.8 Å². The molecular weight excluding hydrogens is 230 g/mol. The predicted molar refractivity (Wildman–Crippen MR) is 71.3 cm³/mol.